The lowest BCUT2D eigenvalue weighted by atomic mass is 10.1. The summed E-state index contributed by atoms with van der Waals surface area (Å²) in [5, 5.41) is 3.08. The van der Waals surface area contributed by atoms with Crippen LogP contribution < -0.4 is 5.32 Å². The van der Waals surface area contributed by atoms with Crippen molar-refractivity contribution in [2.24, 2.45) is 11.8 Å². The molecule has 2 atom stereocenters. The van der Waals surface area contributed by atoms with Crippen molar-refractivity contribution >= 4 is 34.2 Å². The zero-order valence-electron chi connectivity index (χ0n) is 14.4. The molecule has 0 saturated heterocycles. The number of carbonyl (C=O) groups excluding carboxylic acids is 3. The van der Waals surface area contributed by atoms with Gasteiger partial charge >= 0.3 is 11.9 Å². The molecule has 0 unspecified atom stereocenters. The molecule has 0 spiro atoms. The van der Waals surface area contributed by atoms with Gasteiger partial charge in [0.15, 0.2) is 6.61 Å². The van der Waals surface area contributed by atoms with Gasteiger partial charge in [-0.2, -0.15) is 0 Å². The maximum Gasteiger partial charge on any atom is 0.341 e. The molecular formula is C17H23NO5S. The first-order valence-electron chi connectivity index (χ1n) is 8.10. The highest BCUT2D eigenvalue weighted by molar-refractivity contribution is 7.16. The first kappa shape index (κ1) is 18.4. The molecule has 1 aromatic heterocycles. The molecule has 6 nitrogen and oxygen atoms in total. The van der Waals surface area contributed by atoms with Gasteiger partial charge in [0.1, 0.15) is 5.00 Å². The Bertz CT molecular complexity index is 637. The molecule has 1 N–H and O–H groups in total. The molecule has 1 aliphatic rings. The lowest BCUT2D eigenvalue weighted by molar-refractivity contribution is -0.148. The van der Waals surface area contributed by atoms with Crippen LogP contribution in [-0.4, -0.2) is 31.1 Å². The predicted octanol–water partition coefficient (Wildman–Crippen LogP) is 3.19. The summed E-state index contributed by atoms with van der Waals surface area (Å²) in [6.45, 7) is 7.62. The van der Waals surface area contributed by atoms with E-state index in [1.165, 1.54) is 11.3 Å². The Balaban J connectivity index is 2.00. The lowest BCUT2D eigenvalue weighted by Crippen LogP contribution is -2.22. The van der Waals surface area contributed by atoms with Crippen LogP contribution in [0.1, 0.15) is 55.3 Å². The van der Waals surface area contributed by atoms with Gasteiger partial charge in [-0.3, -0.25) is 9.59 Å². The summed E-state index contributed by atoms with van der Waals surface area (Å²) < 4.78 is 10.0. The first-order chi connectivity index (χ1) is 11.3. The number of amides is 1. The highest BCUT2D eigenvalue weighted by Crippen LogP contribution is 2.38. The van der Waals surface area contributed by atoms with Crippen molar-refractivity contribution in [2.75, 3.05) is 18.5 Å². The van der Waals surface area contributed by atoms with Gasteiger partial charge < -0.3 is 14.8 Å². The van der Waals surface area contributed by atoms with Crippen LogP contribution in [0.2, 0.25) is 0 Å². The van der Waals surface area contributed by atoms with Gasteiger partial charge in [0.2, 0.25) is 0 Å². The molecule has 0 bridgehead atoms. The number of hydrogen-bond donors (Lipinski definition) is 1. The number of rotatable bonds is 7. The SMILES string of the molecule is CCOC(=O)c1cc(C(C)C)sc1NC(=O)COC(=O)[C@H]1C[C@@H]1C. The lowest BCUT2D eigenvalue weighted by Gasteiger charge is -2.07. The van der Waals surface area contributed by atoms with Crippen LogP contribution in [0.25, 0.3) is 0 Å². The Labute approximate surface area is 145 Å². The topological polar surface area (TPSA) is 81.7 Å². The number of carbonyl (C=O) groups is 3. The molecule has 1 aromatic rings. The predicted molar refractivity (Wildman–Crippen MR) is 91.2 cm³/mol. The number of thiophene rings is 1. The smallest absolute Gasteiger partial charge is 0.341 e. The number of ether oxygens (including phenoxy) is 2. The average molecular weight is 353 g/mol. The standard InChI is InChI=1S/C17H23NO5S/c1-5-22-17(21)12-7-13(9(2)3)24-15(12)18-14(19)8-23-16(20)11-6-10(11)4/h7,9-11H,5-6,8H2,1-4H3,(H,18,19)/t10-,11-/m0/s1. The molecule has 1 saturated carbocycles. The molecule has 24 heavy (non-hydrogen) atoms. The van der Waals surface area contributed by atoms with E-state index in [2.05, 4.69) is 5.32 Å². The highest BCUT2D eigenvalue weighted by Gasteiger charge is 2.40. The van der Waals surface area contributed by atoms with Crippen molar-refractivity contribution in [3.63, 3.8) is 0 Å². The van der Waals surface area contributed by atoms with Gasteiger partial charge in [-0.1, -0.05) is 20.8 Å². The van der Waals surface area contributed by atoms with Crippen LogP contribution in [0.4, 0.5) is 5.00 Å². The number of anilines is 1. The quantitative estimate of drug-likeness (QED) is 0.761. The summed E-state index contributed by atoms with van der Waals surface area (Å²) in [5.74, 6) is -0.788. The maximum atomic E-state index is 12.0. The summed E-state index contributed by atoms with van der Waals surface area (Å²) in [4.78, 5) is 36.7. The molecule has 1 heterocycles. The van der Waals surface area contributed by atoms with Crippen LogP contribution in [-0.2, 0) is 19.1 Å². The molecule has 0 aromatic carbocycles. The summed E-state index contributed by atoms with van der Waals surface area (Å²) >= 11 is 1.33. The fraction of sp³-hybridized carbons (Fsp3) is 0.588. The van der Waals surface area contributed by atoms with Crippen LogP contribution in [0.3, 0.4) is 0 Å². The molecule has 132 valence electrons. The summed E-state index contributed by atoms with van der Waals surface area (Å²) in [7, 11) is 0. The molecule has 1 aliphatic carbocycles. The maximum absolute atomic E-state index is 12.0. The highest BCUT2D eigenvalue weighted by atomic mass is 32.1. The molecule has 1 fully saturated rings. The van der Waals surface area contributed by atoms with Crippen LogP contribution in [0.5, 0.6) is 0 Å². The molecule has 7 heteroatoms. The second kappa shape index (κ2) is 7.79. The van der Waals surface area contributed by atoms with Gasteiger partial charge in [0, 0.05) is 4.88 Å². The van der Waals surface area contributed by atoms with Gasteiger partial charge in [-0.15, -0.1) is 11.3 Å². The van der Waals surface area contributed by atoms with Crippen LogP contribution in [0.15, 0.2) is 6.07 Å². The molecule has 1 amide bonds. The Morgan fingerprint density at radius 1 is 1.33 bits per heavy atom. The Morgan fingerprint density at radius 3 is 2.54 bits per heavy atom. The number of esters is 2. The van der Waals surface area contributed by atoms with E-state index in [9.17, 15) is 14.4 Å². The summed E-state index contributed by atoms with van der Waals surface area (Å²) in [6, 6.07) is 1.74. The van der Waals surface area contributed by atoms with Crippen molar-refractivity contribution < 1.29 is 23.9 Å². The van der Waals surface area contributed by atoms with Gasteiger partial charge in [0.05, 0.1) is 18.1 Å². The zero-order valence-corrected chi connectivity index (χ0v) is 15.2. The van der Waals surface area contributed by atoms with E-state index < -0.39 is 11.9 Å². The zero-order chi connectivity index (χ0) is 17.9. The van der Waals surface area contributed by atoms with Gasteiger partial charge in [0.25, 0.3) is 5.91 Å². The van der Waals surface area contributed by atoms with Gasteiger partial charge in [-0.05, 0) is 31.2 Å². The van der Waals surface area contributed by atoms with E-state index in [0.717, 1.165) is 11.3 Å². The largest absolute Gasteiger partial charge is 0.462 e. The van der Waals surface area contributed by atoms with E-state index >= 15 is 0 Å². The van der Waals surface area contributed by atoms with Crippen molar-refractivity contribution in [2.45, 2.75) is 40.0 Å². The third kappa shape index (κ3) is 4.56. The van der Waals surface area contributed by atoms with Crippen molar-refractivity contribution in [3.8, 4) is 0 Å². The van der Waals surface area contributed by atoms with E-state index in [0.29, 0.717) is 16.5 Å². The van der Waals surface area contributed by atoms with E-state index in [-0.39, 0.29) is 31.0 Å². The van der Waals surface area contributed by atoms with Crippen molar-refractivity contribution in [3.05, 3.63) is 16.5 Å². The van der Waals surface area contributed by atoms with Crippen molar-refractivity contribution in [1.29, 1.82) is 0 Å². The fourth-order valence-corrected chi connectivity index (χ4v) is 3.27. The minimum Gasteiger partial charge on any atom is -0.462 e. The average Bonchev–Trinajstić information content (AvgIpc) is 3.09. The molecule has 2 rings (SSSR count). The normalized spacial score (nSPS) is 19.0. The first-order valence-corrected chi connectivity index (χ1v) is 8.92. The molecule has 0 radical (unpaired) electrons. The van der Waals surface area contributed by atoms with Crippen LogP contribution in [0, 0.1) is 11.8 Å². The Morgan fingerprint density at radius 2 is 2.00 bits per heavy atom. The Kier molecular flexibility index (Phi) is 5.99. The van der Waals surface area contributed by atoms with E-state index in [1.54, 1.807) is 13.0 Å². The second-order valence-corrected chi connectivity index (χ2v) is 7.33. The summed E-state index contributed by atoms with van der Waals surface area (Å²) in [6.07, 6.45) is 0.816. The number of nitrogens with one attached hydrogen (secondary N) is 1. The second-order valence-electron chi connectivity index (χ2n) is 6.24. The summed E-state index contributed by atoms with van der Waals surface area (Å²) in [5.41, 5.74) is 0.334. The minimum absolute atomic E-state index is 0.0813. The number of hydrogen-bond acceptors (Lipinski definition) is 6. The van der Waals surface area contributed by atoms with Crippen LogP contribution >= 0.6 is 11.3 Å². The monoisotopic (exact) mass is 353 g/mol. The third-order valence-electron chi connectivity index (χ3n) is 3.83. The third-order valence-corrected chi connectivity index (χ3v) is 5.18. The van der Waals surface area contributed by atoms with E-state index in [4.69, 9.17) is 9.47 Å². The molecule has 0 aliphatic heterocycles. The Hall–Kier alpha value is -1.89. The van der Waals surface area contributed by atoms with Crippen molar-refractivity contribution in [1.82, 2.24) is 0 Å². The minimum atomic E-state index is -0.472. The fourth-order valence-electron chi connectivity index (χ4n) is 2.20. The van der Waals surface area contributed by atoms with Gasteiger partial charge in [-0.25, -0.2) is 4.79 Å². The molecular weight excluding hydrogens is 330 g/mol. The van der Waals surface area contributed by atoms with E-state index in [1.807, 2.05) is 20.8 Å².